The normalized spacial score (nSPS) is 17.0. The van der Waals surface area contributed by atoms with E-state index < -0.39 is 0 Å². The molecule has 1 aliphatic rings. The highest BCUT2D eigenvalue weighted by molar-refractivity contribution is 8.76. The van der Waals surface area contributed by atoms with Crippen LogP contribution in [0.2, 0.25) is 0 Å². The molecule has 1 atom stereocenters. The van der Waals surface area contributed by atoms with E-state index in [0.717, 1.165) is 11.5 Å². The lowest BCUT2D eigenvalue weighted by atomic mass is 10.1. The van der Waals surface area contributed by atoms with Crippen molar-refractivity contribution in [2.75, 3.05) is 14.2 Å². The molecule has 0 N–H and O–H groups in total. The summed E-state index contributed by atoms with van der Waals surface area (Å²) in [5.74, 6) is 1.78. The van der Waals surface area contributed by atoms with Gasteiger partial charge in [0.1, 0.15) is 37.6 Å². The number of allylic oxidation sites excluding steroid dienone is 2. The summed E-state index contributed by atoms with van der Waals surface area (Å²) >= 11 is 0. The van der Waals surface area contributed by atoms with E-state index in [9.17, 15) is 0 Å². The summed E-state index contributed by atoms with van der Waals surface area (Å²) in [4.78, 5) is 1.31. The molecule has 0 amide bonds. The molecule has 1 aliphatic heterocycles. The van der Waals surface area contributed by atoms with Gasteiger partial charge in [0.05, 0.1) is 14.2 Å². The maximum absolute atomic E-state index is 5.21. The van der Waals surface area contributed by atoms with Crippen molar-refractivity contribution in [2.45, 2.75) is 4.90 Å². The molecule has 0 aliphatic carbocycles. The lowest BCUT2D eigenvalue weighted by molar-refractivity contribution is 0.414. The predicted octanol–water partition coefficient (Wildman–Crippen LogP) is 4.90. The molecule has 0 radical (unpaired) electrons. The molecule has 0 saturated carbocycles. The summed E-state index contributed by atoms with van der Waals surface area (Å²) in [5.41, 5.74) is 2.45. The molecule has 112 valence electrons. The van der Waals surface area contributed by atoms with Crippen molar-refractivity contribution >= 4 is 26.3 Å². The summed E-state index contributed by atoms with van der Waals surface area (Å²) in [7, 11) is 5.29. The van der Waals surface area contributed by atoms with Crippen molar-refractivity contribution in [3.05, 3.63) is 71.0 Å². The van der Waals surface area contributed by atoms with Crippen LogP contribution in [0.1, 0.15) is 5.56 Å². The average Bonchev–Trinajstić information content (AvgIpc) is 2.62. The Hall–Kier alpha value is -1.78. The highest BCUT2D eigenvalue weighted by atomic mass is 33.1. The van der Waals surface area contributed by atoms with E-state index in [2.05, 4.69) is 41.2 Å². The molecule has 0 bridgehead atoms. The SMILES string of the molecule is COc1ccc(C2=CS[S+](c3ccc(OC)cc3)C=C2)cc1. The lowest BCUT2D eigenvalue weighted by Crippen LogP contribution is -1.96. The molecule has 2 aromatic rings. The molecule has 0 aromatic heterocycles. The zero-order valence-corrected chi connectivity index (χ0v) is 14.1. The highest BCUT2D eigenvalue weighted by Crippen LogP contribution is 2.36. The fourth-order valence-electron chi connectivity index (χ4n) is 2.10. The second kappa shape index (κ2) is 6.99. The Balaban J connectivity index is 1.72. The van der Waals surface area contributed by atoms with Crippen LogP contribution in [0, 0.1) is 0 Å². The third-order valence-electron chi connectivity index (χ3n) is 3.37. The Labute approximate surface area is 137 Å². The summed E-state index contributed by atoms with van der Waals surface area (Å²) < 4.78 is 10.4. The standard InChI is InChI=1S/C18H17O2S2/c1-19-16-5-3-14(4-6-16)15-11-12-22(21-13-15)18-9-7-17(20-2)8-10-18/h3-13H,1-2H3/q+1. The molecule has 3 rings (SSSR count). The largest absolute Gasteiger partial charge is 0.497 e. The third-order valence-corrected chi connectivity index (χ3v) is 6.86. The predicted molar refractivity (Wildman–Crippen MR) is 96.3 cm³/mol. The summed E-state index contributed by atoms with van der Waals surface area (Å²) in [6.45, 7) is 0. The fraction of sp³-hybridized carbons (Fsp3) is 0.111. The molecule has 0 fully saturated rings. The van der Waals surface area contributed by atoms with Gasteiger partial charge in [-0.05, 0) is 53.6 Å². The Morgan fingerprint density at radius 2 is 1.41 bits per heavy atom. The van der Waals surface area contributed by atoms with Crippen molar-refractivity contribution < 1.29 is 9.47 Å². The first kappa shape index (κ1) is 15.1. The van der Waals surface area contributed by atoms with Gasteiger partial charge in [0.2, 0.25) is 0 Å². The van der Waals surface area contributed by atoms with Gasteiger partial charge in [0.25, 0.3) is 0 Å². The minimum absolute atomic E-state index is 0.0607. The molecule has 2 nitrogen and oxygen atoms in total. The van der Waals surface area contributed by atoms with Gasteiger partial charge in [-0.15, -0.1) is 0 Å². The minimum atomic E-state index is 0.0607. The molecule has 1 unspecified atom stereocenters. The van der Waals surface area contributed by atoms with Crippen LogP contribution in [0.25, 0.3) is 5.57 Å². The molecule has 0 spiro atoms. The van der Waals surface area contributed by atoms with Crippen LogP contribution in [0.3, 0.4) is 0 Å². The van der Waals surface area contributed by atoms with Crippen molar-refractivity contribution in [3.63, 3.8) is 0 Å². The second-order valence-corrected chi connectivity index (χ2v) is 8.09. The zero-order valence-electron chi connectivity index (χ0n) is 12.5. The van der Waals surface area contributed by atoms with E-state index in [4.69, 9.17) is 9.47 Å². The van der Waals surface area contributed by atoms with Crippen molar-refractivity contribution in [1.29, 1.82) is 0 Å². The molecule has 4 heteroatoms. The van der Waals surface area contributed by atoms with E-state index in [0.29, 0.717) is 0 Å². The Kier molecular flexibility index (Phi) is 4.80. The number of rotatable bonds is 4. The maximum Gasteiger partial charge on any atom is 0.173 e. The van der Waals surface area contributed by atoms with Crippen molar-refractivity contribution in [3.8, 4) is 11.5 Å². The van der Waals surface area contributed by atoms with Crippen LogP contribution in [0.5, 0.6) is 11.5 Å². The third kappa shape index (κ3) is 3.34. The van der Waals surface area contributed by atoms with E-state index in [-0.39, 0.29) is 9.93 Å². The van der Waals surface area contributed by atoms with Gasteiger partial charge >= 0.3 is 0 Å². The summed E-state index contributed by atoms with van der Waals surface area (Å²) in [5, 5.41) is 4.50. The van der Waals surface area contributed by atoms with Gasteiger partial charge in [-0.2, -0.15) is 0 Å². The van der Waals surface area contributed by atoms with Crippen LogP contribution < -0.4 is 9.47 Å². The minimum Gasteiger partial charge on any atom is -0.497 e. The van der Waals surface area contributed by atoms with Gasteiger partial charge in [-0.3, -0.25) is 0 Å². The molecular formula is C18H17O2S2+. The topological polar surface area (TPSA) is 18.5 Å². The zero-order chi connectivity index (χ0) is 15.4. The van der Waals surface area contributed by atoms with E-state index >= 15 is 0 Å². The van der Waals surface area contributed by atoms with Gasteiger partial charge < -0.3 is 9.47 Å². The van der Waals surface area contributed by atoms with Gasteiger partial charge in [0.15, 0.2) is 4.90 Å². The second-order valence-electron chi connectivity index (χ2n) is 4.67. The van der Waals surface area contributed by atoms with Crippen LogP contribution >= 0.6 is 10.8 Å². The maximum atomic E-state index is 5.21. The van der Waals surface area contributed by atoms with Gasteiger partial charge in [-0.25, -0.2) is 0 Å². The summed E-state index contributed by atoms with van der Waals surface area (Å²) in [6, 6.07) is 16.5. The van der Waals surface area contributed by atoms with Crippen molar-refractivity contribution in [1.82, 2.24) is 0 Å². The van der Waals surface area contributed by atoms with E-state index in [1.807, 2.05) is 35.1 Å². The van der Waals surface area contributed by atoms with Gasteiger partial charge in [0, 0.05) is 5.41 Å². The molecule has 0 saturated heterocycles. The number of methoxy groups -OCH3 is 2. The highest BCUT2D eigenvalue weighted by Gasteiger charge is 2.23. The quantitative estimate of drug-likeness (QED) is 0.587. The Morgan fingerprint density at radius 1 is 0.818 bits per heavy atom. The first-order valence-corrected chi connectivity index (χ1v) is 9.55. The number of benzene rings is 2. The number of hydrogen-bond acceptors (Lipinski definition) is 3. The van der Waals surface area contributed by atoms with Crippen LogP contribution in [-0.2, 0) is 9.93 Å². The lowest BCUT2D eigenvalue weighted by Gasteiger charge is -2.08. The summed E-state index contributed by atoms with van der Waals surface area (Å²) in [6.07, 6.45) is 2.20. The van der Waals surface area contributed by atoms with Crippen LogP contribution in [-0.4, -0.2) is 14.2 Å². The molecular weight excluding hydrogens is 312 g/mol. The van der Waals surface area contributed by atoms with E-state index in [1.165, 1.54) is 16.0 Å². The molecule has 22 heavy (non-hydrogen) atoms. The average molecular weight is 329 g/mol. The Bertz CT molecular complexity index is 688. The number of hydrogen-bond donors (Lipinski definition) is 0. The molecule has 1 heterocycles. The Morgan fingerprint density at radius 3 is 1.91 bits per heavy atom. The van der Waals surface area contributed by atoms with Crippen LogP contribution in [0.4, 0.5) is 0 Å². The first-order valence-electron chi connectivity index (χ1n) is 6.87. The fourth-order valence-corrected chi connectivity index (χ4v) is 5.18. The van der Waals surface area contributed by atoms with Gasteiger partial charge in [-0.1, -0.05) is 12.1 Å². The molecule has 2 aromatic carbocycles. The first-order chi connectivity index (χ1) is 10.8. The monoisotopic (exact) mass is 329 g/mol. The number of ether oxygens (including phenoxy) is 2. The van der Waals surface area contributed by atoms with Crippen LogP contribution in [0.15, 0.2) is 70.3 Å². The smallest absolute Gasteiger partial charge is 0.173 e. The van der Waals surface area contributed by atoms with E-state index in [1.54, 1.807) is 14.2 Å². The van der Waals surface area contributed by atoms with Crippen molar-refractivity contribution in [2.24, 2.45) is 0 Å².